The van der Waals surface area contributed by atoms with Gasteiger partial charge in [-0.15, -0.1) is 23.5 Å². The Hall–Kier alpha value is -2.04. The number of hydrogen-bond donors (Lipinski definition) is 0. The van der Waals surface area contributed by atoms with Gasteiger partial charge in [0.1, 0.15) is 0 Å². The van der Waals surface area contributed by atoms with Crippen LogP contribution < -0.4 is 9.47 Å². The smallest absolute Gasteiger partial charge is 0.231 e. The van der Waals surface area contributed by atoms with Gasteiger partial charge in [0.25, 0.3) is 0 Å². The number of benzene rings is 3. The first-order valence-corrected chi connectivity index (χ1v) is 11.5. The van der Waals surface area contributed by atoms with Crippen molar-refractivity contribution in [1.29, 1.82) is 0 Å². The summed E-state index contributed by atoms with van der Waals surface area (Å²) in [5, 5.41) is 0. The Labute approximate surface area is 175 Å². The highest BCUT2D eigenvalue weighted by molar-refractivity contribution is 8.15. The maximum Gasteiger partial charge on any atom is 0.231 e. The summed E-state index contributed by atoms with van der Waals surface area (Å²) >= 11 is 3.96. The monoisotopic (exact) mass is 408 g/mol. The normalized spacial score (nSPS) is 12.5. The first-order chi connectivity index (χ1) is 13.7. The number of rotatable bonds is 7. The Morgan fingerprint density at radius 1 is 0.750 bits per heavy atom. The van der Waals surface area contributed by atoms with Gasteiger partial charge >= 0.3 is 0 Å². The lowest BCUT2D eigenvalue weighted by Crippen LogP contribution is -1.95. The lowest BCUT2D eigenvalue weighted by Gasteiger charge is -2.18. The van der Waals surface area contributed by atoms with Gasteiger partial charge in [0.15, 0.2) is 11.5 Å². The zero-order valence-corrected chi connectivity index (χ0v) is 17.8. The van der Waals surface area contributed by atoms with E-state index in [4.69, 9.17) is 9.47 Å². The van der Waals surface area contributed by atoms with E-state index in [0.29, 0.717) is 11.4 Å². The van der Waals surface area contributed by atoms with Crippen molar-refractivity contribution in [2.24, 2.45) is 0 Å². The molecule has 0 unspecified atom stereocenters. The lowest BCUT2D eigenvalue weighted by molar-refractivity contribution is 0.174. The summed E-state index contributed by atoms with van der Waals surface area (Å²) in [6.07, 6.45) is 0. The van der Waals surface area contributed by atoms with Crippen LogP contribution >= 0.6 is 23.5 Å². The van der Waals surface area contributed by atoms with Gasteiger partial charge in [-0.25, -0.2) is 0 Å². The Morgan fingerprint density at radius 3 is 1.93 bits per heavy atom. The van der Waals surface area contributed by atoms with E-state index >= 15 is 0 Å². The summed E-state index contributed by atoms with van der Waals surface area (Å²) < 4.78 is 11.4. The van der Waals surface area contributed by atoms with Crippen molar-refractivity contribution in [2.45, 2.75) is 29.9 Å². The maximum absolute atomic E-state index is 5.61. The molecule has 2 nitrogen and oxygen atoms in total. The predicted molar refractivity (Wildman–Crippen MR) is 120 cm³/mol. The molecule has 0 saturated heterocycles. The van der Waals surface area contributed by atoms with Crippen LogP contribution in [0.4, 0.5) is 0 Å². The molecule has 1 aliphatic heterocycles. The lowest BCUT2D eigenvalue weighted by atomic mass is 10.1. The Balaban J connectivity index is 1.53. The third-order valence-electron chi connectivity index (χ3n) is 4.97. The highest BCUT2D eigenvalue weighted by Crippen LogP contribution is 2.46. The zero-order chi connectivity index (χ0) is 19.3. The number of ether oxygens (including phenoxy) is 2. The molecule has 3 aromatic rings. The first kappa shape index (κ1) is 19.3. The fourth-order valence-corrected chi connectivity index (χ4v) is 5.96. The summed E-state index contributed by atoms with van der Waals surface area (Å²) in [5.41, 5.74) is 6.78. The van der Waals surface area contributed by atoms with Crippen LogP contribution in [-0.2, 0) is 11.5 Å². The van der Waals surface area contributed by atoms with Gasteiger partial charge in [0, 0.05) is 11.5 Å². The van der Waals surface area contributed by atoms with Crippen molar-refractivity contribution in [3.05, 3.63) is 94.5 Å². The Bertz CT molecular complexity index is 905. The molecule has 1 heterocycles. The third kappa shape index (κ3) is 4.50. The topological polar surface area (TPSA) is 18.5 Å². The second kappa shape index (κ2) is 8.97. The minimum Gasteiger partial charge on any atom is -0.454 e. The molecular weight excluding hydrogens is 384 g/mol. The average Bonchev–Trinajstić information content (AvgIpc) is 3.18. The van der Waals surface area contributed by atoms with Gasteiger partial charge in [0.05, 0.1) is 4.58 Å². The van der Waals surface area contributed by atoms with Gasteiger partial charge in [-0.1, -0.05) is 54.6 Å². The molecule has 0 amide bonds. The van der Waals surface area contributed by atoms with Crippen molar-refractivity contribution in [3.63, 3.8) is 0 Å². The summed E-state index contributed by atoms with van der Waals surface area (Å²) in [5.74, 6) is 3.69. The van der Waals surface area contributed by atoms with Crippen LogP contribution in [-0.4, -0.2) is 6.79 Å². The van der Waals surface area contributed by atoms with Gasteiger partial charge in [-0.3, -0.25) is 0 Å². The first-order valence-electron chi connectivity index (χ1n) is 9.42. The quantitative estimate of drug-likeness (QED) is 0.396. The van der Waals surface area contributed by atoms with E-state index in [1.54, 1.807) is 0 Å². The maximum atomic E-state index is 5.61. The van der Waals surface area contributed by atoms with Gasteiger partial charge in [0.2, 0.25) is 6.79 Å². The molecule has 0 aromatic heterocycles. The molecule has 4 heteroatoms. The molecule has 0 atom stereocenters. The molecule has 0 saturated carbocycles. The summed E-state index contributed by atoms with van der Waals surface area (Å²) in [7, 11) is 0. The van der Waals surface area contributed by atoms with E-state index in [-0.39, 0.29) is 0 Å². The highest BCUT2D eigenvalue weighted by Gasteiger charge is 2.19. The van der Waals surface area contributed by atoms with Crippen molar-refractivity contribution in [2.75, 3.05) is 6.79 Å². The summed E-state index contributed by atoms with van der Waals surface area (Å²) in [6.45, 7) is 4.69. The van der Waals surface area contributed by atoms with E-state index in [9.17, 15) is 0 Å². The van der Waals surface area contributed by atoms with Crippen molar-refractivity contribution in [3.8, 4) is 11.5 Å². The van der Waals surface area contributed by atoms with Gasteiger partial charge in [-0.05, 0) is 53.8 Å². The highest BCUT2D eigenvalue weighted by atomic mass is 32.2. The van der Waals surface area contributed by atoms with Crippen LogP contribution in [0.2, 0.25) is 0 Å². The summed E-state index contributed by atoms with van der Waals surface area (Å²) in [6, 6.07) is 23.6. The van der Waals surface area contributed by atoms with Crippen LogP contribution in [0.15, 0.2) is 66.7 Å². The molecule has 0 aliphatic carbocycles. The number of thioether (sulfide) groups is 2. The molecular formula is C24H24O2S2. The van der Waals surface area contributed by atoms with Crippen LogP contribution in [0.1, 0.15) is 32.4 Å². The molecule has 3 aromatic carbocycles. The minimum atomic E-state index is 0.316. The molecule has 0 fully saturated rings. The fraction of sp³-hybridized carbons (Fsp3) is 0.250. The van der Waals surface area contributed by atoms with Crippen LogP contribution in [0.25, 0.3) is 0 Å². The van der Waals surface area contributed by atoms with Gasteiger partial charge < -0.3 is 9.47 Å². The van der Waals surface area contributed by atoms with Crippen molar-refractivity contribution in [1.82, 2.24) is 0 Å². The minimum absolute atomic E-state index is 0.316. The standard InChI is InChI=1S/C24H24O2S2/c1-17-7-3-5-9-20(17)14-27-24(28-15-21-10-6-4-8-18(21)2)19-11-12-22-23(13-19)26-16-25-22/h3-13,24H,14-16H2,1-2H3. The molecule has 0 radical (unpaired) electrons. The molecule has 144 valence electrons. The second-order valence-corrected chi connectivity index (χ2v) is 9.40. The van der Waals surface area contributed by atoms with E-state index in [2.05, 4.69) is 74.5 Å². The average molecular weight is 409 g/mol. The van der Waals surface area contributed by atoms with Crippen molar-refractivity contribution < 1.29 is 9.47 Å². The Morgan fingerprint density at radius 2 is 1.32 bits per heavy atom. The van der Waals surface area contributed by atoms with Crippen LogP contribution in [0.3, 0.4) is 0 Å². The second-order valence-electron chi connectivity index (χ2n) is 6.92. The van der Waals surface area contributed by atoms with E-state index in [1.165, 1.54) is 27.8 Å². The molecule has 1 aliphatic rings. The molecule has 0 N–H and O–H groups in total. The predicted octanol–water partition coefficient (Wildman–Crippen LogP) is 6.90. The molecule has 0 spiro atoms. The molecule has 28 heavy (non-hydrogen) atoms. The third-order valence-corrected chi connectivity index (χ3v) is 7.89. The summed E-state index contributed by atoms with van der Waals surface area (Å²) in [4.78, 5) is 0. The largest absolute Gasteiger partial charge is 0.454 e. The number of aryl methyl sites for hydroxylation is 2. The Kier molecular flexibility index (Phi) is 6.18. The van der Waals surface area contributed by atoms with E-state index in [0.717, 1.165) is 23.0 Å². The molecule has 0 bridgehead atoms. The SMILES string of the molecule is Cc1ccccc1CSC(SCc1ccccc1C)c1ccc2c(c1)OCO2. The van der Waals surface area contributed by atoms with Crippen LogP contribution in [0.5, 0.6) is 11.5 Å². The fourth-order valence-electron chi connectivity index (χ4n) is 3.18. The molecule has 4 rings (SSSR count). The van der Waals surface area contributed by atoms with Crippen molar-refractivity contribution >= 4 is 23.5 Å². The zero-order valence-electron chi connectivity index (χ0n) is 16.2. The van der Waals surface area contributed by atoms with E-state index in [1.807, 2.05) is 29.6 Å². The number of hydrogen-bond acceptors (Lipinski definition) is 4. The van der Waals surface area contributed by atoms with E-state index < -0.39 is 0 Å². The van der Waals surface area contributed by atoms with Gasteiger partial charge in [-0.2, -0.15) is 0 Å². The number of fused-ring (bicyclic) bond motifs is 1. The van der Waals surface area contributed by atoms with Crippen LogP contribution in [0, 0.1) is 13.8 Å².